The molecule has 28 heavy (non-hydrogen) atoms. The van der Waals surface area contributed by atoms with E-state index in [1.807, 2.05) is 30.1 Å². The molecule has 5 nitrogen and oxygen atoms in total. The van der Waals surface area contributed by atoms with Crippen LogP contribution in [0.4, 0.5) is 8.78 Å². The van der Waals surface area contributed by atoms with Crippen LogP contribution in [0.25, 0.3) is 0 Å². The van der Waals surface area contributed by atoms with Gasteiger partial charge in [0.05, 0.1) is 14.2 Å². The molecule has 0 aromatic heterocycles. The number of likely N-dealkylation sites (N-methyl/N-ethyl adjacent to an activating group) is 1. The normalized spacial score (nSPS) is 10.9. The predicted octanol–water partition coefficient (Wildman–Crippen LogP) is 3.85. The average Bonchev–Trinajstić information content (AvgIpc) is 2.68. The molecule has 0 bridgehead atoms. The summed E-state index contributed by atoms with van der Waals surface area (Å²) < 4.78 is 37.6. The Bertz CT molecular complexity index is 803. The van der Waals surface area contributed by atoms with Gasteiger partial charge < -0.3 is 19.7 Å². The van der Waals surface area contributed by atoms with E-state index in [0.29, 0.717) is 24.0 Å². The molecular weight excluding hydrogens is 479 g/mol. The lowest BCUT2D eigenvalue weighted by molar-refractivity contribution is 0.354. The van der Waals surface area contributed by atoms with E-state index in [-0.39, 0.29) is 36.1 Å². The summed E-state index contributed by atoms with van der Waals surface area (Å²) in [6, 6.07) is 9.19. The standard InChI is InChI=1S/C20H25F2N3O2.HI/c1-23-20(24-13-15-12-16(21)6-7-17(15)22)25(2)10-9-14-5-8-18(26-3)19(11-14)27-4;/h5-8,11-12H,9-10,13H2,1-4H3,(H,23,24);1H. The van der Waals surface area contributed by atoms with E-state index in [0.717, 1.165) is 24.1 Å². The smallest absolute Gasteiger partial charge is 0.193 e. The van der Waals surface area contributed by atoms with Gasteiger partial charge >= 0.3 is 0 Å². The molecular formula is C20H26F2IN3O2. The molecule has 0 aliphatic heterocycles. The number of hydrogen-bond acceptors (Lipinski definition) is 3. The van der Waals surface area contributed by atoms with Crippen LogP contribution in [0.3, 0.4) is 0 Å². The second kappa shape index (κ2) is 11.7. The number of guanidine groups is 1. The molecule has 2 rings (SSSR count). The summed E-state index contributed by atoms with van der Waals surface area (Å²) in [4.78, 5) is 6.12. The van der Waals surface area contributed by atoms with Gasteiger partial charge in [0, 0.05) is 32.7 Å². The molecule has 1 N–H and O–H groups in total. The number of methoxy groups -OCH3 is 2. The van der Waals surface area contributed by atoms with E-state index in [4.69, 9.17) is 9.47 Å². The van der Waals surface area contributed by atoms with Crippen molar-refractivity contribution in [3.05, 3.63) is 59.2 Å². The molecule has 0 saturated carbocycles. The fraction of sp³-hybridized carbons (Fsp3) is 0.350. The fourth-order valence-electron chi connectivity index (χ4n) is 2.68. The van der Waals surface area contributed by atoms with Crippen LogP contribution in [-0.2, 0) is 13.0 Å². The van der Waals surface area contributed by atoms with Gasteiger partial charge in [-0.15, -0.1) is 24.0 Å². The van der Waals surface area contributed by atoms with E-state index < -0.39 is 11.6 Å². The Kier molecular flexibility index (Phi) is 9.98. The third kappa shape index (κ3) is 6.50. The van der Waals surface area contributed by atoms with Gasteiger partial charge in [-0.05, 0) is 42.3 Å². The van der Waals surface area contributed by atoms with Gasteiger partial charge in [-0.2, -0.15) is 0 Å². The Hall–Kier alpha value is -2.10. The monoisotopic (exact) mass is 505 g/mol. The summed E-state index contributed by atoms with van der Waals surface area (Å²) in [5, 5.41) is 3.06. The molecule has 0 saturated heterocycles. The van der Waals surface area contributed by atoms with Crippen molar-refractivity contribution >= 4 is 29.9 Å². The molecule has 0 amide bonds. The van der Waals surface area contributed by atoms with Crippen LogP contribution < -0.4 is 14.8 Å². The molecule has 0 spiro atoms. The van der Waals surface area contributed by atoms with Gasteiger partial charge in [0.1, 0.15) is 11.6 Å². The lowest BCUT2D eigenvalue weighted by atomic mass is 10.1. The molecule has 0 fully saturated rings. The maximum Gasteiger partial charge on any atom is 0.193 e. The second-order valence-corrected chi connectivity index (χ2v) is 6.00. The minimum absolute atomic E-state index is 0. The van der Waals surface area contributed by atoms with Gasteiger partial charge in [-0.25, -0.2) is 8.78 Å². The molecule has 0 unspecified atom stereocenters. The summed E-state index contributed by atoms with van der Waals surface area (Å²) in [7, 11) is 6.74. The maximum absolute atomic E-state index is 13.7. The van der Waals surface area contributed by atoms with Crippen LogP contribution in [0.15, 0.2) is 41.4 Å². The first-order valence-corrected chi connectivity index (χ1v) is 8.55. The van der Waals surface area contributed by atoms with Crippen LogP contribution in [0.2, 0.25) is 0 Å². The number of hydrogen-bond donors (Lipinski definition) is 1. The first kappa shape index (κ1) is 23.9. The van der Waals surface area contributed by atoms with Crippen molar-refractivity contribution in [2.24, 2.45) is 4.99 Å². The fourth-order valence-corrected chi connectivity index (χ4v) is 2.68. The Morgan fingerprint density at radius 1 is 1.07 bits per heavy atom. The molecule has 0 aliphatic rings. The SMILES string of the molecule is CN=C(NCc1cc(F)ccc1F)N(C)CCc1ccc(OC)c(OC)c1.I. The number of rotatable bonds is 7. The van der Waals surface area contributed by atoms with Crippen molar-refractivity contribution in [2.75, 3.05) is 34.9 Å². The van der Waals surface area contributed by atoms with Crippen LogP contribution >= 0.6 is 24.0 Å². The van der Waals surface area contributed by atoms with Crippen LogP contribution in [-0.4, -0.2) is 45.7 Å². The Balaban J connectivity index is 0.00000392. The summed E-state index contributed by atoms with van der Waals surface area (Å²) in [5.41, 5.74) is 1.34. The summed E-state index contributed by atoms with van der Waals surface area (Å²) in [6.45, 7) is 0.831. The highest BCUT2D eigenvalue weighted by molar-refractivity contribution is 14.0. The molecule has 8 heteroatoms. The molecule has 0 aliphatic carbocycles. The zero-order chi connectivity index (χ0) is 19.8. The highest BCUT2D eigenvalue weighted by Gasteiger charge is 2.10. The number of aliphatic imine (C=N–C) groups is 1. The van der Waals surface area contributed by atoms with Crippen molar-refractivity contribution in [3.63, 3.8) is 0 Å². The predicted molar refractivity (Wildman–Crippen MR) is 118 cm³/mol. The Labute approximate surface area is 181 Å². The minimum atomic E-state index is -0.468. The van der Waals surface area contributed by atoms with E-state index in [1.54, 1.807) is 21.3 Å². The summed E-state index contributed by atoms with van der Waals surface area (Å²) in [6.07, 6.45) is 0.756. The van der Waals surface area contributed by atoms with E-state index in [2.05, 4.69) is 10.3 Å². The van der Waals surface area contributed by atoms with Gasteiger partial charge in [0.25, 0.3) is 0 Å². The lowest BCUT2D eigenvalue weighted by Gasteiger charge is -2.22. The Morgan fingerprint density at radius 2 is 1.79 bits per heavy atom. The van der Waals surface area contributed by atoms with Gasteiger partial charge in [0.15, 0.2) is 17.5 Å². The van der Waals surface area contributed by atoms with Gasteiger partial charge in [-0.3, -0.25) is 4.99 Å². The second-order valence-electron chi connectivity index (χ2n) is 6.00. The van der Waals surface area contributed by atoms with Crippen LogP contribution in [0.1, 0.15) is 11.1 Å². The zero-order valence-corrected chi connectivity index (χ0v) is 18.8. The number of nitrogens with zero attached hydrogens (tertiary/aromatic N) is 2. The largest absolute Gasteiger partial charge is 0.493 e. The molecule has 0 radical (unpaired) electrons. The van der Waals surface area contributed by atoms with Crippen molar-refractivity contribution in [2.45, 2.75) is 13.0 Å². The van der Waals surface area contributed by atoms with Crippen LogP contribution in [0.5, 0.6) is 11.5 Å². The zero-order valence-electron chi connectivity index (χ0n) is 16.5. The number of halogens is 3. The lowest BCUT2D eigenvalue weighted by Crippen LogP contribution is -2.39. The van der Waals surface area contributed by atoms with Crippen molar-refractivity contribution in [3.8, 4) is 11.5 Å². The van der Waals surface area contributed by atoms with E-state index in [1.165, 1.54) is 6.07 Å². The van der Waals surface area contributed by atoms with E-state index >= 15 is 0 Å². The van der Waals surface area contributed by atoms with Gasteiger partial charge in [0.2, 0.25) is 0 Å². The number of nitrogens with one attached hydrogen (secondary N) is 1. The highest BCUT2D eigenvalue weighted by Crippen LogP contribution is 2.27. The Morgan fingerprint density at radius 3 is 2.43 bits per heavy atom. The minimum Gasteiger partial charge on any atom is -0.493 e. The van der Waals surface area contributed by atoms with Crippen molar-refractivity contribution in [1.82, 2.24) is 10.2 Å². The number of benzene rings is 2. The first-order valence-electron chi connectivity index (χ1n) is 8.55. The quantitative estimate of drug-likeness (QED) is 0.353. The first-order chi connectivity index (χ1) is 13.0. The number of ether oxygens (including phenoxy) is 2. The third-order valence-electron chi connectivity index (χ3n) is 4.20. The summed E-state index contributed by atoms with van der Waals surface area (Å²) >= 11 is 0. The maximum atomic E-state index is 13.7. The average molecular weight is 505 g/mol. The highest BCUT2D eigenvalue weighted by atomic mass is 127. The molecule has 0 atom stereocenters. The third-order valence-corrected chi connectivity index (χ3v) is 4.20. The van der Waals surface area contributed by atoms with Crippen molar-refractivity contribution < 1.29 is 18.3 Å². The molecule has 2 aromatic carbocycles. The molecule has 0 heterocycles. The van der Waals surface area contributed by atoms with Gasteiger partial charge in [-0.1, -0.05) is 6.07 Å². The van der Waals surface area contributed by atoms with Crippen molar-refractivity contribution in [1.29, 1.82) is 0 Å². The van der Waals surface area contributed by atoms with E-state index in [9.17, 15) is 8.78 Å². The van der Waals surface area contributed by atoms with Crippen LogP contribution in [0, 0.1) is 11.6 Å². The topological polar surface area (TPSA) is 46.1 Å². The molecule has 154 valence electrons. The summed E-state index contributed by atoms with van der Waals surface area (Å²) in [5.74, 6) is 1.04. The molecule has 2 aromatic rings.